The quantitative estimate of drug-likeness (QED) is 0.677. The molecule has 1 aliphatic heterocycles. The minimum Gasteiger partial charge on any atom is -0.267 e. The molecule has 2 N–H and O–H groups in total. The highest BCUT2D eigenvalue weighted by atomic mass is 15.5. The zero-order chi connectivity index (χ0) is 13.5. The van der Waals surface area contributed by atoms with Crippen molar-refractivity contribution in [2.75, 3.05) is 0 Å². The fourth-order valence-electron chi connectivity index (χ4n) is 4.80. The van der Waals surface area contributed by atoms with E-state index in [9.17, 15) is 10.5 Å². The first-order valence-corrected chi connectivity index (χ1v) is 7.55. The van der Waals surface area contributed by atoms with Gasteiger partial charge in [0, 0.05) is 6.04 Å². The van der Waals surface area contributed by atoms with E-state index in [1.54, 1.807) is 0 Å². The third-order valence-corrected chi connectivity index (χ3v) is 5.85. The summed E-state index contributed by atoms with van der Waals surface area (Å²) in [5, 5.41) is 21.3. The fourth-order valence-corrected chi connectivity index (χ4v) is 4.80. The molecule has 1 heterocycles. The van der Waals surface area contributed by atoms with Crippen LogP contribution in [-0.2, 0) is 0 Å². The molecule has 4 atom stereocenters. The number of nitriles is 2. The molecule has 2 saturated carbocycles. The van der Waals surface area contributed by atoms with Gasteiger partial charge in [-0.05, 0) is 38.0 Å². The van der Waals surface area contributed by atoms with Gasteiger partial charge in [-0.25, -0.2) is 5.01 Å². The number of hydrogen-bond acceptors (Lipinski definition) is 4. The molecule has 0 spiro atoms. The molecule has 3 aliphatic rings. The van der Waals surface area contributed by atoms with Gasteiger partial charge >= 0.3 is 0 Å². The Morgan fingerprint density at radius 2 is 1.74 bits per heavy atom. The van der Waals surface area contributed by atoms with E-state index in [0.29, 0.717) is 0 Å². The third-order valence-electron chi connectivity index (χ3n) is 5.85. The molecule has 0 radical (unpaired) electrons. The largest absolute Gasteiger partial charge is 0.267 e. The molecule has 102 valence electrons. The maximum atomic E-state index is 9.74. The Bertz CT molecular complexity index is 448. The highest BCUT2D eigenvalue weighted by molar-refractivity contribution is 5.23. The Morgan fingerprint density at radius 3 is 2.47 bits per heavy atom. The summed E-state index contributed by atoms with van der Waals surface area (Å²) in [6.07, 6.45) is 9.27. The first-order valence-electron chi connectivity index (χ1n) is 7.55. The Hall–Kier alpha value is -1.10. The molecule has 0 bridgehead atoms. The third kappa shape index (κ3) is 1.64. The molecule has 2 aliphatic carbocycles. The van der Waals surface area contributed by atoms with Crippen LogP contribution >= 0.6 is 0 Å². The lowest BCUT2D eigenvalue weighted by atomic mass is 9.56. The van der Waals surface area contributed by atoms with Crippen LogP contribution in [0.25, 0.3) is 0 Å². The van der Waals surface area contributed by atoms with Crippen molar-refractivity contribution < 1.29 is 0 Å². The summed E-state index contributed by atoms with van der Waals surface area (Å²) < 4.78 is 0. The molecule has 1 saturated heterocycles. The number of rotatable bonds is 0. The van der Waals surface area contributed by atoms with Gasteiger partial charge in [0.1, 0.15) is 5.54 Å². The Morgan fingerprint density at radius 1 is 1.00 bits per heavy atom. The van der Waals surface area contributed by atoms with Gasteiger partial charge in [0.2, 0.25) is 0 Å². The van der Waals surface area contributed by atoms with Gasteiger partial charge < -0.3 is 0 Å². The van der Waals surface area contributed by atoms with E-state index < -0.39 is 5.54 Å². The van der Waals surface area contributed by atoms with Crippen LogP contribution in [0.4, 0.5) is 0 Å². The van der Waals surface area contributed by atoms with E-state index in [-0.39, 0.29) is 17.4 Å². The summed E-state index contributed by atoms with van der Waals surface area (Å²) in [5.74, 6) is 6.69. The van der Waals surface area contributed by atoms with Gasteiger partial charge in [-0.1, -0.05) is 25.7 Å². The zero-order valence-electron chi connectivity index (χ0n) is 11.4. The van der Waals surface area contributed by atoms with Gasteiger partial charge in [0.15, 0.2) is 0 Å². The van der Waals surface area contributed by atoms with Crippen LogP contribution in [0.2, 0.25) is 0 Å². The molecule has 4 nitrogen and oxygen atoms in total. The fraction of sp³-hybridized carbons (Fsp3) is 0.867. The van der Waals surface area contributed by atoms with E-state index in [1.807, 2.05) is 5.01 Å². The molecular weight excluding hydrogens is 236 g/mol. The molecule has 0 aromatic heterocycles. The second-order valence-corrected chi connectivity index (χ2v) is 6.62. The van der Waals surface area contributed by atoms with Crippen molar-refractivity contribution in [3.63, 3.8) is 0 Å². The van der Waals surface area contributed by atoms with Crippen molar-refractivity contribution in [3.8, 4) is 12.1 Å². The summed E-state index contributed by atoms with van der Waals surface area (Å²) in [7, 11) is 0. The second kappa shape index (κ2) is 4.47. The van der Waals surface area contributed by atoms with Gasteiger partial charge in [0.05, 0.1) is 17.6 Å². The van der Waals surface area contributed by atoms with Crippen molar-refractivity contribution >= 4 is 0 Å². The maximum Gasteiger partial charge on any atom is 0.124 e. The summed E-state index contributed by atoms with van der Waals surface area (Å²) in [4.78, 5) is 0. The SMILES string of the molecule is N#CC12CCCCC1N(N)C1(C#N)CCCCC1C2. The predicted octanol–water partition coefficient (Wildman–Crippen LogP) is 2.47. The number of nitrogens with zero attached hydrogens (tertiary/aromatic N) is 3. The number of hydrogen-bond donors (Lipinski definition) is 1. The molecule has 3 fully saturated rings. The first-order chi connectivity index (χ1) is 9.18. The minimum absolute atomic E-state index is 0.0836. The monoisotopic (exact) mass is 258 g/mol. The minimum atomic E-state index is -0.499. The van der Waals surface area contributed by atoms with Crippen LogP contribution < -0.4 is 5.84 Å². The molecule has 4 heteroatoms. The van der Waals surface area contributed by atoms with Crippen LogP contribution in [0.1, 0.15) is 57.8 Å². The van der Waals surface area contributed by atoms with Crippen molar-refractivity contribution in [2.45, 2.75) is 69.4 Å². The average molecular weight is 258 g/mol. The van der Waals surface area contributed by atoms with E-state index >= 15 is 0 Å². The maximum absolute atomic E-state index is 9.74. The summed E-state index contributed by atoms with van der Waals surface area (Å²) >= 11 is 0. The number of nitrogens with two attached hydrogens (primary N) is 1. The van der Waals surface area contributed by atoms with Gasteiger partial charge in [-0.15, -0.1) is 0 Å². The number of hydrazine groups is 1. The lowest BCUT2D eigenvalue weighted by molar-refractivity contribution is -0.104. The second-order valence-electron chi connectivity index (χ2n) is 6.62. The van der Waals surface area contributed by atoms with Crippen molar-refractivity contribution in [1.82, 2.24) is 5.01 Å². The van der Waals surface area contributed by atoms with Crippen LogP contribution in [0.3, 0.4) is 0 Å². The molecule has 4 unspecified atom stereocenters. The molecule has 0 amide bonds. The summed E-state index contributed by atoms with van der Waals surface area (Å²) in [6.45, 7) is 0. The Kier molecular flexibility index (Phi) is 3.04. The molecule has 3 rings (SSSR count). The van der Waals surface area contributed by atoms with Gasteiger partial charge in [0.25, 0.3) is 0 Å². The molecule has 0 aromatic carbocycles. The van der Waals surface area contributed by atoms with Crippen LogP contribution in [0, 0.1) is 34.0 Å². The van der Waals surface area contributed by atoms with Crippen LogP contribution in [-0.4, -0.2) is 16.6 Å². The topological polar surface area (TPSA) is 76.8 Å². The van der Waals surface area contributed by atoms with Crippen LogP contribution in [0.5, 0.6) is 0 Å². The van der Waals surface area contributed by atoms with E-state index in [2.05, 4.69) is 12.1 Å². The van der Waals surface area contributed by atoms with Crippen molar-refractivity contribution in [3.05, 3.63) is 0 Å². The standard InChI is InChI=1S/C15H22N4/c16-10-14-7-3-2-6-13(14)19(18)15(11-17)8-4-1-5-12(15)9-14/h12-13H,1-9,18H2. The van der Waals surface area contributed by atoms with Gasteiger partial charge in [-0.3, -0.25) is 5.84 Å². The highest BCUT2D eigenvalue weighted by Gasteiger charge is 2.59. The van der Waals surface area contributed by atoms with E-state index in [0.717, 1.165) is 51.4 Å². The normalized spacial score (nSPS) is 46.5. The molecule has 0 aromatic rings. The van der Waals surface area contributed by atoms with E-state index in [4.69, 9.17) is 5.84 Å². The van der Waals surface area contributed by atoms with Crippen molar-refractivity contribution in [1.29, 1.82) is 10.5 Å². The predicted molar refractivity (Wildman–Crippen MR) is 71.2 cm³/mol. The average Bonchev–Trinajstić information content (AvgIpc) is 2.47. The number of fused-ring (bicyclic) bond motifs is 2. The molecule has 19 heavy (non-hydrogen) atoms. The Labute approximate surface area is 115 Å². The van der Waals surface area contributed by atoms with Gasteiger partial charge in [-0.2, -0.15) is 10.5 Å². The zero-order valence-corrected chi connectivity index (χ0v) is 11.4. The Balaban J connectivity index is 2.01. The summed E-state index contributed by atoms with van der Waals surface area (Å²) in [5.41, 5.74) is -0.796. The lowest BCUT2D eigenvalue weighted by Gasteiger charge is -2.58. The van der Waals surface area contributed by atoms with Crippen LogP contribution in [0.15, 0.2) is 0 Å². The number of piperidine rings is 1. The smallest absolute Gasteiger partial charge is 0.124 e. The molecular formula is C15H22N4. The lowest BCUT2D eigenvalue weighted by Crippen LogP contribution is -2.70. The van der Waals surface area contributed by atoms with Crippen molar-refractivity contribution in [2.24, 2.45) is 17.2 Å². The first kappa shape index (κ1) is 12.9. The van der Waals surface area contributed by atoms with E-state index in [1.165, 1.54) is 6.42 Å². The summed E-state index contributed by atoms with van der Waals surface area (Å²) in [6, 6.07) is 5.21. The highest BCUT2D eigenvalue weighted by Crippen LogP contribution is 2.55.